The lowest BCUT2D eigenvalue weighted by atomic mass is 9.86. The fourth-order valence-electron chi connectivity index (χ4n) is 2.86. The topological polar surface area (TPSA) is 54.1 Å². The number of carbonyl (C=O) groups is 1. The predicted molar refractivity (Wildman–Crippen MR) is 77.3 cm³/mol. The molecule has 0 aliphatic carbocycles. The quantitative estimate of drug-likeness (QED) is 0.647. The Labute approximate surface area is 117 Å². The number of aromatic amines is 1. The molecule has 20 heavy (non-hydrogen) atoms. The van der Waals surface area contributed by atoms with Gasteiger partial charge < -0.3 is 9.72 Å². The largest absolute Gasteiger partial charge is 0.467 e. The number of rotatable bonds is 2. The first-order valence-corrected chi connectivity index (χ1v) is 6.49. The standard InChI is InChI=1S/C16H16N2O2/c1-3-8-16(15(19)20-2)9-12-11-6-4-5-7-13(11)18-14(12)10-17-16/h4-8,17-18H,1,9-10H2,2H3/t16-/m1/s1. The molecule has 1 aliphatic heterocycles. The summed E-state index contributed by atoms with van der Waals surface area (Å²) >= 11 is 0. The van der Waals surface area contributed by atoms with E-state index in [9.17, 15) is 4.79 Å². The SMILES string of the molecule is C=C=C[C@]1(C(=O)OC)Cc2c([nH]c3ccccc23)CN1. The van der Waals surface area contributed by atoms with Crippen LogP contribution in [-0.2, 0) is 22.5 Å². The molecule has 0 bridgehead atoms. The van der Waals surface area contributed by atoms with Crippen LogP contribution in [0.4, 0.5) is 0 Å². The Morgan fingerprint density at radius 1 is 1.50 bits per heavy atom. The number of benzene rings is 1. The molecule has 0 saturated heterocycles. The normalized spacial score (nSPS) is 21.1. The Morgan fingerprint density at radius 2 is 2.30 bits per heavy atom. The molecule has 2 heterocycles. The Kier molecular flexibility index (Phi) is 2.97. The number of fused-ring (bicyclic) bond motifs is 3. The molecule has 0 spiro atoms. The van der Waals surface area contributed by atoms with E-state index < -0.39 is 5.54 Å². The summed E-state index contributed by atoms with van der Waals surface area (Å²) in [5, 5.41) is 4.39. The summed E-state index contributed by atoms with van der Waals surface area (Å²) in [4.78, 5) is 15.5. The van der Waals surface area contributed by atoms with E-state index in [0.717, 1.165) is 22.2 Å². The van der Waals surface area contributed by atoms with Crippen molar-refractivity contribution in [3.05, 3.63) is 53.9 Å². The van der Waals surface area contributed by atoms with Crippen LogP contribution >= 0.6 is 0 Å². The molecule has 4 nitrogen and oxygen atoms in total. The third-order valence-electron chi connectivity index (χ3n) is 3.84. The van der Waals surface area contributed by atoms with Gasteiger partial charge in [-0.15, -0.1) is 5.73 Å². The fraction of sp³-hybridized carbons (Fsp3) is 0.250. The van der Waals surface area contributed by atoms with Crippen molar-refractivity contribution in [2.75, 3.05) is 7.11 Å². The molecule has 3 rings (SSSR count). The average Bonchev–Trinajstić information content (AvgIpc) is 2.84. The number of H-pyrrole nitrogens is 1. The van der Waals surface area contributed by atoms with Gasteiger partial charge in [-0.25, -0.2) is 4.79 Å². The van der Waals surface area contributed by atoms with E-state index in [1.807, 2.05) is 18.2 Å². The number of esters is 1. The summed E-state index contributed by atoms with van der Waals surface area (Å²) in [5.74, 6) is -0.315. The molecule has 1 aromatic heterocycles. The van der Waals surface area contributed by atoms with Crippen LogP contribution in [0.25, 0.3) is 10.9 Å². The van der Waals surface area contributed by atoms with Crippen molar-refractivity contribution in [2.45, 2.75) is 18.5 Å². The van der Waals surface area contributed by atoms with E-state index >= 15 is 0 Å². The minimum absolute atomic E-state index is 0.315. The molecule has 0 saturated carbocycles. The van der Waals surface area contributed by atoms with Gasteiger partial charge in [0.15, 0.2) is 0 Å². The lowest BCUT2D eigenvalue weighted by molar-refractivity contribution is -0.146. The van der Waals surface area contributed by atoms with E-state index in [4.69, 9.17) is 4.74 Å². The number of nitrogens with one attached hydrogen (secondary N) is 2. The second-order valence-corrected chi connectivity index (χ2v) is 4.97. The lowest BCUT2D eigenvalue weighted by Crippen LogP contribution is -2.54. The van der Waals surface area contributed by atoms with Gasteiger partial charge in [-0.1, -0.05) is 24.8 Å². The highest BCUT2D eigenvalue weighted by molar-refractivity contribution is 5.89. The highest BCUT2D eigenvalue weighted by atomic mass is 16.5. The van der Waals surface area contributed by atoms with Gasteiger partial charge in [0.05, 0.1) is 7.11 Å². The maximum Gasteiger partial charge on any atom is 0.331 e. The number of hydrogen-bond donors (Lipinski definition) is 2. The van der Waals surface area contributed by atoms with Crippen molar-refractivity contribution in [1.29, 1.82) is 0 Å². The first kappa shape index (κ1) is 12.7. The third kappa shape index (κ3) is 1.78. The Bertz CT molecular complexity index is 725. The number of aromatic nitrogens is 1. The van der Waals surface area contributed by atoms with E-state index in [1.54, 1.807) is 6.08 Å². The second-order valence-electron chi connectivity index (χ2n) is 4.97. The Balaban J connectivity index is 2.13. The second kappa shape index (κ2) is 4.67. The van der Waals surface area contributed by atoms with Crippen molar-refractivity contribution in [2.24, 2.45) is 0 Å². The van der Waals surface area contributed by atoms with Crippen LogP contribution < -0.4 is 5.32 Å². The van der Waals surface area contributed by atoms with Crippen LogP contribution in [0.2, 0.25) is 0 Å². The van der Waals surface area contributed by atoms with E-state index in [0.29, 0.717) is 13.0 Å². The lowest BCUT2D eigenvalue weighted by Gasteiger charge is -2.32. The van der Waals surface area contributed by atoms with Crippen LogP contribution in [0.3, 0.4) is 0 Å². The Hall–Kier alpha value is -2.29. The minimum Gasteiger partial charge on any atom is -0.467 e. The zero-order valence-electron chi connectivity index (χ0n) is 11.3. The summed E-state index contributed by atoms with van der Waals surface area (Å²) in [5.41, 5.74) is 5.18. The number of para-hydroxylation sites is 1. The molecular weight excluding hydrogens is 252 g/mol. The Morgan fingerprint density at radius 3 is 3.05 bits per heavy atom. The monoisotopic (exact) mass is 268 g/mol. The number of hydrogen-bond acceptors (Lipinski definition) is 3. The molecule has 0 fully saturated rings. The number of carbonyl (C=O) groups excluding carboxylic acids is 1. The number of methoxy groups -OCH3 is 1. The van der Waals surface area contributed by atoms with Crippen molar-refractivity contribution in [3.63, 3.8) is 0 Å². The molecule has 0 amide bonds. The fourth-order valence-corrected chi connectivity index (χ4v) is 2.86. The summed E-state index contributed by atoms with van der Waals surface area (Å²) < 4.78 is 4.94. The van der Waals surface area contributed by atoms with Crippen molar-refractivity contribution in [1.82, 2.24) is 10.3 Å². The molecule has 1 aromatic carbocycles. The average molecular weight is 268 g/mol. The summed E-state index contributed by atoms with van der Waals surface area (Å²) in [6.07, 6.45) is 2.19. The first-order valence-electron chi connectivity index (χ1n) is 6.49. The van der Waals surface area contributed by atoms with Gasteiger partial charge in [0.1, 0.15) is 5.54 Å². The smallest absolute Gasteiger partial charge is 0.331 e. The molecular formula is C16H16N2O2. The highest BCUT2D eigenvalue weighted by Crippen LogP contribution is 2.31. The first-order chi connectivity index (χ1) is 9.70. The summed E-state index contributed by atoms with van der Waals surface area (Å²) in [7, 11) is 1.40. The highest BCUT2D eigenvalue weighted by Gasteiger charge is 2.41. The van der Waals surface area contributed by atoms with E-state index in [2.05, 4.69) is 28.7 Å². The van der Waals surface area contributed by atoms with Crippen molar-refractivity contribution >= 4 is 16.9 Å². The molecule has 2 aromatic rings. The van der Waals surface area contributed by atoms with Gasteiger partial charge in [-0.3, -0.25) is 5.32 Å². The van der Waals surface area contributed by atoms with Crippen LogP contribution in [-0.4, -0.2) is 23.6 Å². The van der Waals surface area contributed by atoms with Crippen molar-refractivity contribution in [3.8, 4) is 0 Å². The molecule has 1 aliphatic rings. The molecule has 0 unspecified atom stereocenters. The van der Waals surface area contributed by atoms with Gasteiger partial charge in [0.25, 0.3) is 0 Å². The molecule has 102 valence electrons. The van der Waals surface area contributed by atoms with Gasteiger partial charge in [0, 0.05) is 29.6 Å². The predicted octanol–water partition coefficient (Wildman–Crippen LogP) is 2.07. The molecule has 0 radical (unpaired) electrons. The van der Waals surface area contributed by atoms with Gasteiger partial charge in [-0.2, -0.15) is 0 Å². The van der Waals surface area contributed by atoms with Gasteiger partial charge in [-0.05, 0) is 17.7 Å². The molecule has 4 heteroatoms. The van der Waals surface area contributed by atoms with Crippen molar-refractivity contribution < 1.29 is 9.53 Å². The molecule has 2 N–H and O–H groups in total. The van der Waals surface area contributed by atoms with E-state index in [-0.39, 0.29) is 5.97 Å². The minimum atomic E-state index is -0.880. The maximum absolute atomic E-state index is 12.2. The number of ether oxygens (including phenoxy) is 1. The third-order valence-corrected chi connectivity index (χ3v) is 3.84. The zero-order valence-corrected chi connectivity index (χ0v) is 11.3. The van der Waals surface area contributed by atoms with Gasteiger partial charge >= 0.3 is 5.97 Å². The molecule has 1 atom stereocenters. The summed E-state index contributed by atoms with van der Waals surface area (Å²) in [6, 6.07) is 8.10. The van der Waals surface area contributed by atoms with Crippen LogP contribution in [0, 0.1) is 0 Å². The zero-order chi connectivity index (χ0) is 14.2. The van der Waals surface area contributed by atoms with E-state index in [1.165, 1.54) is 7.11 Å². The van der Waals surface area contributed by atoms with Crippen LogP contribution in [0.5, 0.6) is 0 Å². The maximum atomic E-state index is 12.2. The summed E-state index contributed by atoms with van der Waals surface area (Å²) in [6.45, 7) is 4.17. The van der Waals surface area contributed by atoms with Gasteiger partial charge in [0.2, 0.25) is 0 Å². The van der Waals surface area contributed by atoms with Crippen LogP contribution in [0.1, 0.15) is 11.3 Å². The van der Waals surface area contributed by atoms with Crippen LogP contribution in [0.15, 0.2) is 42.7 Å².